The van der Waals surface area contributed by atoms with Crippen LogP contribution in [0.25, 0.3) is 0 Å². The summed E-state index contributed by atoms with van der Waals surface area (Å²) in [5.41, 5.74) is 1.60. The SMILES string of the molecule is Cc1c(OC(=O)C2=CC=C(C3CCC(C)CC3)CC2)cc(F)c(F)c1F. The van der Waals surface area contributed by atoms with Crippen molar-refractivity contribution in [1.29, 1.82) is 0 Å². The summed E-state index contributed by atoms with van der Waals surface area (Å²) in [6.07, 6.45) is 9.92. The van der Waals surface area contributed by atoms with E-state index in [9.17, 15) is 18.0 Å². The summed E-state index contributed by atoms with van der Waals surface area (Å²) in [6, 6.07) is 0.708. The highest BCUT2D eigenvalue weighted by Crippen LogP contribution is 2.37. The lowest BCUT2D eigenvalue weighted by Gasteiger charge is -2.29. The van der Waals surface area contributed by atoms with Crippen LogP contribution in [0.15, 0.2) is 29.4 Å². The van der Waals surface area contributed by atoms with Crippen LogP contribution in [-0.2, 0) is 4.79 Å². The number of hydrogen-bond donors (Lipinski definition) is 0. The normalized spacial score (nSPS) is 23.3. The van der Waals surface area contributed by atoms with E-state index >= 15 is 0 Å². The van der Waals surface area contributed by atoms with Crippen molar-refractivity contribution in [2.45, 2.75) is 52.4 Å². The lowest BCUT2D eigenvalue weighted by Crippen LogP contribution is -2.18. The number of allylic oxidation sites excluding steroid dienone is 3. The van der Waals surface area contributed by atoms with Gasteiger partial charge in [-0.15, -0.1) is 0 Å². The molecule has 0 aliphatic heterocycles. The Labute approximate surface area is 151 Å². The van der Waals surface area contributed by atoms with Crippen molar-refractivity contribution in [1.82, 2.24) is 0 Å². The zero-order valence-corrected chi connectivity index (χ0v) is 15.1. The Balaban J connectivity index is 1.70. The minimum atomic E-state index is -1.56. The Morgan fingerprint density at radius 3 is 2.35 bits per heavy atom. The number of hydrogen-bond acceptors (Lipinski definition) is 2. The average Bonchev–Trinajstić information content (AvgIpc) is 2.65. The van der Waals surface area contributed by atoms with Crippen LogP contribution >= 0.6 is 0 Å². The van der Waals surface area contributed by atoms with E-state index in [0.717, 1.165) is 12.3 Å². The Morgan fingerprint density at radius 2 is 1.73 bits per heavy atom. The highest BCUT2D eigenvalue weighted by Gasteiger charge is 2.25. The average molecular weight is 364 g/mol. The number of carbonyl (C=O) groups excluding carboxylic acids is 1. The maximum absolute atomic E-state index is 13.6. The van der Waals surface area contributed by atoms with Gasteiger partial charge in [-0.1, -0.05) is 37.5 Å². The standard InChI is InChI=1S/C21H23F3O2/c1-12-3-5-14(6-4-12)15-7-9-16(10-8-15)21(25)26-18-11-17(22)20(24)19(23)13(18)2/h7,9,11-12,14H,3-6,8,10H2,1-2H3. The molecule has 0 heterocycles. The third kappa shape index (κ3) is 3.87. The molecule has 0 radical (unpaired) electrons. The summed E-state index contributed by atoms with van der Waals surface area (Å²) in [6.45, 7) is 3.53. The van der Waals surface area contributed by atoms with Crippen LogP contribution in [0.3, 0.4) is 0 Å². The van der Waals surface area contributed by atoms with E-state index < -0.39 is 23.4 Å². The van der Waals surface area contributed by atoms with Gasteiger partial charge in [-0.05, 0) is 44.4 Å². The van der Waals surface area contributed by atoms with Gasteiger partial charge in [0.25, 0.3) is 0 Å². The van der Waals surface area contributed by atoms with E-state index in [1.54, 1.807) is 6.08 Å². The van der Waals surface area contributed by atoms with Crippen molar-refractivity contribution < 1.29 is 22.7 Å². The molecule has 0 atom stereocenters. The minimum Gasteiger partial charge on any atom is -0.423 e. The zero-order chi connectivity index (χ0) is 18.8. The maximum Gasteiger partial charge on any atom is 0.339 e. The quantitative estimate of drug-likeness (QED) is 0.385. The van der Waals surface area contributed by atoms with E-state index in [-0.39, 0.29) is 11.3 Å². The second kappa shape index (κ2) is 7.68. The van der Waals surface area contributed by atoms with E-state index in [1.165, 1.54) is 38.2 Å². The first-order chi connectivity index (χ1) is 12.4. The Morgan fingerprint density at radius 1 is 1.04 bits per heavy atom. The molecule has 0 aromatic heterocycles. The molecule has 0 saturated heterocycles. The molecule has 1 fully saturated rings. The Kier molecular flexibility index (Phi) is 5.54. The van der Waals surface area contributed by atoms with Gasteiger partial charge in [-0.2, -0.15) is 0 Å². The minimum absolute atomic E-state index is 0.221. The maximum atomic E-state index is 13.6. The highest BCUT2D eigenvalue weighted by atomic mass is 19.2. The molecule has 2 aliphatic rings. The van der Waals surface area contributed by atoms with Gasteiger partial charge in [0.05, 0.1) is 0 Å². The third-order valence-electron chi connectivity index (χ3n) is 5.55. The first-order valence-electron chi connectivity index (χ1n) is 9.12. The van der Waals surface area contributed by atoms with E-state index in [2.05, 4.69) is 6.92 Å². The molecule has 0 spiro atoms. The van der Waals surface area contributed by atoms with Crippen LogP contribution in [0, 0.1) is 36.2 Å². The van der Waals surface area contributed by atoms with Crippen LogP contribution in [0.4, 0.5) is 13.2 Å². The number of esters is 1. The van der Waals surface area contributed by atoms with Crippen molar-refractivity contribution >= 4 is 5.97 Å². The molecular formula is C21H23F3O2. The van der Waals surface area contributed by atoms with Crippen LogP contribution in [0.1, 0.15) is 51.0 Å². The summed E-state index contributed by atoms with van der Waals surface area (Å²) in [5, 5.41) is 0. The molecule has 5 heteroatoms. The number of benzene rings is 1. The van der Waals surface area contributed by atoms with Crippen LogP contribution in [0.2, 0.25) is 0 Å². The summed E-state index contributed by atoms with van der Waals surface area (Å²) in [5.74, 6) is -3.83. The summed E-state index contributed by atoms with van der Waals surface area (Å²) < 4.78 is 45.3. The third-order valence-corrected chi connectivity index (χ3v) is 5.55. The molecule has 1 aromatic carbocycles. The predicted octanol–water partition coefficient (Wildman–Crippen LogP) is 5.79. The predicted molar refractivity (Wildman–Crippen MR) is 93.2 cm³/mol. The number of carbonyl (C=O) groups is 1. The van der Waals surface area contributed by atoms with Gasteiger partial charge in [0.2, 0.25) is 0 Å². The molecule has 3 rings (SSSR count). The molecule has 1 aromatic rings. The van der Waals surface area contributed by atoms with Crippen molar-refractivity contribution in [2.24, 2.45) is 11.8 Å². The number of halogens is 3. The van der Waals surface area contributed by atoms with Crippen LogP contribution in [-0.4, -0.2) is 5.97 Å². The molecule has 26 heavy (non-hydrogen) atoms. The zero-order valence-electron chi connectivity index (χ0n) is 15.1. The first kappa shape index (κ1) is 18.7. The van der Waals surface area contributed by atoms with Crippen LogP contribution in [0.5, 0.6) is 5.75 Å². The van der Waals surface area contributed by atoms with Crippen molar-refractivity contribution in [3.8, 4) is 5.75 Å². The van der Waals surface area contributed by atoms with Crippen molar-refractivity contribution in [3.05, 3.63) is 52.4 Å². The summed E-state index contributed by atoms with van der Waals surface area (Å²) >= 11 is 0. The van der Waals surface area contributed by atoms with Gasteiger partial charge < -0.3 is 4.74 Å². The lowest BCUT2D eigenvalue weighted by molar-refractivity contribution is -0.130. The topological polar surface area (TPSA) is 26.3 Å². The highest BCUT2D eigenvalue weighted by molar-refractivity contribution is 5.91. The van der Waals surface area contributed by atoms with Crippen LogP contribution < -0.4 is 4.74 Å². The summed E-state index contributed by atoms with van der Waals surface area (Å²) in [4.78, 5) is 12.3. The van der Waals surface area contributed by atoms with Gasteiger partial charge in [0, 0.05) is 17.2 Å². The first-order valence-corrected chi connectivity index (χ1v) is 9.12. The smallest absolute Gasteiger partial charge is 0.339 e. The van der Waals surface area contributed by atoms with E-state index in [0.29, 0.717) is 24.0 Å². The fourth-order valence-electron chi connectivity index (χ4n) is 3.73. The second-order valence-corrected chi connectivity index (χ2v) is 7.39. The lowest BCUT2D eigenvalue weighted by atomic mass is 9.76. The summed E-state index contributed by atoms with van der Waals surface area (Å²) in [7, 11) is 0. The molecule has 0 bridgehead atoms. The monoisotopic (exact) mass is 364 g/mol. The van der Waals surface area contributed by atoms with Gasteiger partial charge in [0.1, 0.15) is 5.75 Å². The molecule has 140 valence electrons. The number of ether oxygens (including phenoxy) is 1. The molecule has 2 aliphatic carbocycles. The molecule has 0 N–H and O–H groups in total. The fraction of sp³-hybridized carbons (Fsp3) is 0.476. The van der Waals surface area contributed by atoms with Crippen molar-refractivity contribution in [2.75, 3.05) is 0 Å². The van der Waals surface area contributed by atoms with Gasteiger partial charge >= 0.3 is 5.97 Å². The Bertz CT molecular complexity index is 772. The number of rotatable bonds is 3. The second-order valence-electron chi connectivity index (χ2n) is 7.39. The van der Waals surface area contributed by atoms with Gasteiger partial charge in [-0.3, -0.25) is 0 Å². The van der Waals surface area contributed by atoms with Gasteiger partial charge in [-0.25, -0.2) is 18.0 Å². The molecular weight excluding hydrogens is 341 g/mol. The Hall–Kier alpha value is -2.04. The van der Waals surface area contributed by atoms with E-state index in [4.69, 9.17) is 4.74 Å². The molecule has 0 unspecified atom stereocenters. The van der Waals surface area contributed by atoms with E-state index in [1.807, 2.05) is 6.08 Å². The van der Waals surface area contributed by atoms with Gasteiger partial charge in [0.15, 0.2) is 17.5 Å². The van der Waals surface area contributed by atoms with Crippen molar-refractivity contribution in [3.63, 3.8) is 0 Å². The fourth-order valence-corrected chi connectivity index (χ4v) is 3.73. The largest absolute Gasteiger partial charge is 0.423 e. The molecule has 2 nitrogen and oxygen atoms in total. The molecule has 0 amide bonds. The molecule has 1 saturated carbocycles.